The van der Waals surface area contributed by atoms with E-state index in [2.05, 4.69) is 4.98 Å². The first-order valence-corrected chi connectivity index (χ1v) is 11.8. The Morgan fingerprint density at radius 3 is 2.66 bits per heavy atom. The number of benzene rings is 1. The van der Waals surface area contributed by atoms with Crippen LogP contribution in [-0.4, -0.2) is 103 Å². The molecule has 2 amide bonds. The van der Waals surface area contributed by atoms with E-state index in [1.54, 1.807) is 36.2 Å². The molecule has 1 aliphatic heterocycles. The van der Waals surface area contributed by atoms with Crippen LogP contribution >= 0.6 is 0 Å². The number of ether oxygens (including phenoxy) is 2. The fourth-order valence-corrected chi connectivity index (χ4v) is 4.11. The number of hydrogen-bond acceptors (Lipinski definition) is 7. The van der Waals surface area contributed by atoms with E-state index in [4.69, 9.17) is 9.47 Å². The molecule has 1 N–H and O–H groups in total. The van der Waals surface area contributed by atoms with Gasteiger partial charge in [-0.05, 0) is 33.2 Å². The molecule has 9 nitrogen and oxygen atoms in total. The lowest BCUT2D eigenvalue weighted by atomic mass is 9.99. The molecule has 0 fully saturated rings. The maximum Gasteiger partial charge on any atom is 0.259 e. The molecular formula is C26H36N4O5. The molecule has 35 heavy (non-hydrogen) atoms. The molecule has 3 rings (SSSR count). The molecule has 2 heterocycles. The quantitative estimate of drug-likeness (QED) is 0.612. The number of aliphatic hydroxyl groups is 1. The number of hydrogen-bond donors (Lipinski definition) is 1. The van der Waals surface area contributed by atoms with Crippen LogP contribution in [0.15, 0.2) is 36.5 Å². The number of nitrogens with zero attached hydrogens (tertiary/aromatic N) is 4. The number of likely N-dealkylation sites (N-methyl/N-ethyl adjacent to an activating group) is 2. The van der Waals surface area contributed by atoms with Gasteiger partial charge in [0.15, 0.2) is 0 Å². The van der Waals surface area contributed by atoms with Crippen molar-refractivity contribution >= 4 is 11.8 Å². The smallest absolute Gasteiger partial charge is 0.259 e. The zero-order valence-electron chi connectivity index (χ0n) is 21.4. The number of aliphatic hydroxyl groups excluding tert-OH is 1. The van der Waals surface area contributed by atoms with Crippen LogP contribution in [0.1, 0.15) is 24.2 Å². The minimum absolute atomic E-state index is 0.0239. The molecule has 1 aromatic heterocycles. The molecule has 0 saturated carbocycles. The van der Waals surface area contributed by atoms with E-state index in [0.717, 1.165) is 11.1 Å². The molecule has 0 radical (unpaired) electrons. The molecule has 1 aliphatic rings. The highest BCUT2D eigenvalue weighted by Gasteiger charge is 2.35. The van der Waals surface area contributed by atoms with Gasteiger partial charge in [-0.25, -0.2) is 4.98 Å². The lowest BCUT2D eigenvalue weighted by Crippen LogP contribution is -2.51. The van der Waals surface area contributed by atoms with Gasteiger partial charge in [-0.1, -0.05) is 25.1 Å². The summed E-state index contributed by atoms with van der Waals surface area (Å²) in [5, 5.41) is 9.86. The molecule has 0 bridgehead atoms. The van der Waals surface area contributed by atoms with Gasteiger partial charge in [-0.3, -0.25) is 9.59 Å². The van der Waals surface area contributed by atoms with Gasteiger partial charge in [-0.2, -0.15) is 0 Å². The standard InChI is InChI=1S/C26H36N4O5/c1-17-13-30(18(2)16-31)26(33)21-11-19(20-9-7-8-10-22(20)34-6)12-27-25(21)35-23(17)14-29(5)24(32)15-28(3)4/h7-12,17-18,23,31H,13-16H2,1-6H3/t17-,18+,23+/m1/s1. The highest BCUT2D eigenvalue weighted by Crippen LogP contribution is 2.34. The first-order valence-electron chi connectivity index (χ1n) is 11.8. The van der Waals surface area contributed by atoms with Gasteiger partial charge in [0, 0.05) is 36.8 Å². The van der Waals surface area contributed by atoms with Crippen LogP contribution in [0.2, 0.25) is 0 Å². The Labute approximate surface area is 207 Å². The molecule has 0 unspecified atom stereocenters. The Bertz CT molecular complexity index is 1040. The van der Waals surface area contributed by atoms with Crippen molar-refractivity contribution in [3.8, 4) is 22.8 Å². The van der Waals surface area contributed by atoms with Gasteiger partial charge in [0.2, 0.25) is 11.8 Å². The summed E-state index contributed by atoms with van der Waals surface area (Å²) in [7, 11) is 7.04. The minimum atomic E-state index is -0.393. The number of carbonyl (C=O) groups is 2. The Kier molecular flexibility index (Phi) is 8.69. The van der Waals surface area contributed by atoms with E-state index >= 15 is 0 Å². The molecule has 1 aromatic carbocycles. The SMILES string of the molecule is COc1ccccc1-c1cnc2c(c1)C(=O)N([C@@H](C)CO)C[C@@H](C)[C@H](CN(C)C(=O)CN(C)C)O2. The topological polar surface area (TPSA) is 95.4 Å². The Hall–Kier alpha value is -3.17. The summed E-state index contributed by atoms with van der Waals surface area (Å²) >= 11 is 0. The maximum absolute atomic E-state index is 13.6. The van der Waals surface area contributed by atoms with Crippen LogP contribution in [0.4, 0.5) is 0 Å². The van der Waals surface area contributed by atoms with Crippen molar-refractivity contribution in [3.63, 3.8) is 0 Å². The lowest BCUT2D eigenvalue weighted by Gasteiger charge is -2.37. The number of aromatic nitrogens is 1. The van der Waals surface area contributed by atoms with Crippen LogP contribution in [0.3, 0.4) is 0 Å². The molecular weight excluding hydrogens is 448 g/mol. The van der Waals surface area contributed by atoms with Gasteiger partial charge in [0.05, 0.1) is 32.8 Å². The van der Waals surface area contributed by atoms with Crippen molar-refractivity contribution < 1.29 is 24.2 Å². The first kappa shape index (κ1) is 26.4. The third-order valence-electron chi connectivity index (χ3n) is 6.27. The van der Waals surface area contributed by atoms with Crippen molar-refractivity contribution in [3.05, 3.63) is 42.1 Å². The van der Waals surface area contributed by atoms with E-state index in [1.807, 2.05) is 57.1 Å². The van der Waals surface area contributed by atoms with E-state index < -0.39 is 6.10 Å². The van der Waals surface area contributed by atoms with Gasteiger partial charge >= 0.3 is 0 Å². The highest BCUT2D eigenvalue weighted by atomic mass is 16.5. The van der Waals surface area contributed by atoms with Gasteiger partial charge in [0.1, 0.15) is 17.4 Å². The first-order chi connectivity index (χ1) is 16.7. The summed E-state index contributed by atoms with van der Waals surface area (Å²) < 4.78 is 11.8. The Morgan fingerprint density at radius 2 is 2.00 bits per heavy atom. The molecule has 3 atom stereocenters. The predicted molar refractivity (Wildman–Crippen MR) is 134 cm³/mol. The molecule has 0 spiro atoms. The van der Waals surface area contributed by atoms with Crippen molar-refractivity contribution in [1.82, 2.24) is 19.7 Å². The van der Waals surface area contributed by atoms with Gasteiger partial charge in [0.25, 0.3) is 5.91 Å². The van der Waals surface area contributed by atoms with Crippen LogP contribution < -0.4 is 9.47 Å². The van der Waals surface area contributed by atoms with Crippen LogP contribution in [-0.2, 0) is 4.79 Å². The summed E-state index contributed by atoms with van der Waals surface area (Å²) in [6, 6.07) is 8.89. The number of pyridine rings is 1. The van der Waals surface area contributed by atoms with Gasteiger partial charge < -0.3 is 29.3 Å². The van der Waals surface area contributed by atoms with Crippen molar-refractivity contribution in [2.75, 3.05) is 54.5 Å². The fraction of sp³-hybridized carbons (Fsp3) is 0.500. The molecule has 0 saturated heterocycles. The molecule has 190 valence electrons. The second-order valence-corrected chi connectivity index (χ2v) is 9.41. The number of rotatable bonds is 8. The summed E-state index contributed by atoms with van der Waals surface area (Å²) in [5.41, 5.74) is 1.84. The van der Waals surface area contributed by atoms with E-state index in [1.165, 1.54) is 0 Å². The number of para-hydroxylation sites is 1. The number of amides is 2. The fourth-order valence-electron chi connectivity index (χ4n) is 4.11. The van der Waals surface area contributed by atoms with Crippen molar-refractivity contribution in [2.45, 2.75) is 26.0 Å². The van der Waals surface area contributed by atoms with Crippen LogP contribution in [0, 0.1) is 5.92 Å². The van der Waals surface area contributed by atoms with Gasteiger partial charge in [-0.15, -0.1) is 0 Å². The largest absolute Gasteiger partial charge is 0.496 e. The highest BCUT2D eigenvalue weighted by molar-refractivity contribution is 5.98. The lowest BCUT2D eigenvalue weighted by molar-refractivity contribution is -0.132. The molecule has 0 aliphatic carbocycles. The van der Waals surface area contributed by atoms with Crippen LogP contribution in [0.5, 0.6) is 11.6 Å². The summed E-state index contributed by atoms with van der Waals surface area (Å²) in [5.74, 6) is 0.499. The minimum Gasteiger partial charge on any atom is -0.496 e. The average Bonchev–Trinajstić information content (AvgIpc) is 2.84. The van der Waals surface area contributed by atoms with E-state index in [9.17, 15) is 14.7 Å². The molecule has 2 aromatic rings. The summed E-state index contributed by atoms with van der Waals surface area (Å²) in [4.78, 5) is 35.9. The predicted octanol–water partition coefficient (Wildman–Crippen LogP) is 2.00. The second kappa shape index (κ2) is 11.5. The zero-order valence-corrected chi connectivity index (χ0v) is 21.4. The van der Waals surface area contributed by atoms with Crippen molar-refractivity contribution in [2.24, 2.45) is 5.92 Å². The number of fused-ring (bicyclic) bond motifs is 1. The zero-order chi connectivity index (χ0) is 25.7. The number of methoxy groups -OCH3 is 1. The Balaban J connectivity index is 2.02. The van der Waals surface area contributed by atoms with E-state index in [0.29, 0.717) is 30.9 Å². The Morgan fingerprint density at radius 1 is 1.29 bits per heavy atom. The normalized spacial score (nSPS) is 18.9. The number of carbonyl (C=O) groups excluding carboxylic acids is 2. The summed E-state index contributed by atoms with van der Waals surface area (Å²) in [6.45, 7) is 4.64. The summed E-state index contributed by atoms with van der Waals surface area (Å²) in [6.07, 6.45) is 1.27. The third kappa shape index (κ3) is 6.10. The van der Waals surface area contributed by atoms with Crippen LogP contribution in [0.25, 0.3) is 11.1 Å². The maximum atomic E-state index is 13.6. The third-order valence-corrected chi connectivity index (χ3v) is 6.27. The van der Waals surface area contributed by atoms with E-state index in [-0.39, 0.29) is 36.3 Å². The molecule has 9 heteroatoms. The monoisotopic (exact) mass is 484 g/mol. The average molecular weight is 485 g/mol. The second-order valence-electron chi connectivity index (χ2n) is 9.41. The van der Waals surface area contributed by atoms with Crippen molar-refractivity contribution in [1.29, 1.82) is 0 Å².